The molecule has 0 radical (unpaired) electrons. The summed E-state index contributed by atoms with van der Waals surface area (Å²) in [5.41, 5.74) is -0.798. The molecule has 0 heterocycles. The quantitative estimate of drug-likeness (QED) is 0.667. The molecule has 1 rings (SSSR count). The minimum absolute atomic E-state index is 0.517. The maximum absolute atomic E-state index is 13.2. The molecular formula is C7H4Cl2F2O3S. The largest absolute Gasteiger partial charge is 0.506 e. The Morgan fingerprint density at radius 3 is 2.40 bits per heavy atom. The zero-order chi connectivity index (χ0) is 11.8. The van der Waals surface area contributed by atoms with Gasteiger partial charge in [0, 0.05) is 22.3 Å². The first-order chi connectivity index (χ1) is 6.72. The van der Waals surface area contributed by atoms with E-state index in [1.807, 2.05) is 0 Å². The summed E-state index contributed by atoms with van der Waals surface area (Å²) < 4.78 is 47.5. The van der Waals surface area contributed by atoms with E-state index < -0.39 is 42.8 Å². The number of rotatable bonds is 2. The summed E-state index contributed by atoms with van der Waals surface area (Å²) in [6.45, 7) is 0. The Hall–Kier alpha value is -0.590. The number of benzene rings is 1. The first-order valence-electron chi connectivity index (χ1n) is 3.50. The van der Waals surface area contributed by atoms with Gasteiger partial charge in [-0.25, -0.2) is 17.2 Å². The average molecular weight is 277 g/mol. The zero-order valence-corrected chi connectivity index (χ0v) is 9.30. The lowest BCUT2D eigenvalue weighted by Gasteiger charge is -2.05. The molecule has 0 aliphatic heterocycles. The molecule has 1 aromatic carbocycles. The van der Waals surface area contributed by atoms with Gasteiger partial charge in [-0.15, -0.1) is 0 Å². The molecule has 0 atom stereocenters. The molecule has 0 bridgehead atoms. The smallest absolute Gasteiger partial charge is 0.236 e. The van der Waals surface area contributed by atoms with Crippen molar-refractivity contribution < 1.29 is 22.3 Å². The Morgan fingerprint density at radius 2 is 1.93 bits per heavy atom. The van der Waals surface area contributed by atoms with E-state index in [2.05, 4.69) is 0 Å². The number of hydrogen-bond acceptors (Lipinski definition) is 3. The Kier molecular flexibility index (Phi) is 3.42. The molecule has 0 saturated heterocycles. The van der Waals surface area contributed by atoms with E-state index in [4.69, 9.17) is 27.4 Å². The Labute approximate surface area is 93.7 Å². The lowest BCUT2D eigenvalue weighted by molar-refractivity contribution is 0.458. The molecular weight excluding hydrogens is 273 g/mol. The summed E-state index contributed by atoms with van der Waals surface area (Å²) >= 11 is 5.25. The summed E-state index contributed by atoms with van der Waals surface area (Å²) in [5, 5.41) is 8.17. The molecule has 1 N–H and O–H groups in total. The Balaban J connectivity index is 3.37. The van der Waals surface area contributed by atoms with E-state index in [9.17, 15) is 17.2 Å². The van der Waals surface area contributed by atoms with Gasteiger partial charge in [0.25, 0.3) is 0 Å². The third-order valence-corrected chi connectivity index (χ3v) is 2.87. The van der Waals surface area contributed by atoms with Crippen LogP contribution in [0.5, 0.6) is 5.75 Å². The van der Waals surface area contributed by atoms with Crippen LogP contribution >= 0.6 is 22.3 Å². The highest BCUT2D eigenvalue weighted by Gasteiger charge is 2.21. The Bertz CT molecular complexity index is 501. The van der Waals surface area contributed by atoms with Crippen LogP contribution in [-0.4, -0.2) is 13.5 Å². The third-order valence-electron chi connectivity index (χ3n) is 1.55. The normalized spacial score (nSPS) is 11.7. The number of aromatic hydroxyl groups is 1. The monoisotopic (exact) mass is 276 g/mol. The van der Waals surface area contributed by atoms with Gasteiger partial charge in [-0.05, 0) is 0 Å². The van der Waals surface area contributed by atoms with Gasteiger partial charge in [0.1, 0.15) is 16.6 Å². The van der Waals surface area contributed by atoms with Crippen LogP contribution in [-0.2, 0) is 14.8 Å². The van der Waals surface area contributed by atoms with Crippen molar-refractivity contribution in [1.29, 1.82) is 0 Å². The second-order valence-corrected chi connectivity index (χ2v) is 5.82. The van der Waals surface area contributed by atoms with Crippen molar-refractivity contribution in [1.82, 2.24) is 0 Å². The van der Waals surface area contributed by atoms with E-state index in [0.29, 0.717) is 6.07 Å². The van der Waals surface area contributed by atoms with Gasteiger partial charge < -0.3 is 5.11 Å². The third kappa shape index (κ3) is 2.93. The van der Waals surface area contributed by atoms with Crippen LogP contribution in [0.25, 0.3) is 0 Å². The summed E-state index contributed by atoms with van der Waals surface area (Å²) in [7, 11) is 0.737. The van der Waals surface area contributed by atoms with E-state index in [-0.39, 0.29) is 0 Å². The highest BCUT2D eigenvalue weighted by Crippen LogP contribution is 2.31. The molecule has 0 spiro atoms. The van der Waals surface area contributed by atoms with Crippen molar-refractivity contribution in [2.45, 2.75) is 5.75 Å². The first kappa shape index (κ1) is 12.5. The topological polar surface area (TPSA) is 54.4 Å². The fraction of sp³-hybridized carbons (Fsp3) is 0.143. The molecule has 0 unspecified atom stereocenters. The lowest BCUT2D eigenvalue weighted by Crippen LogP contribution is -2.02. The van der Waals surface area contributed by atoms with Gasteiger partial charge in [-0.2, -0.15) is 0 Å². The molecule has 0 aliphatic rings. The molecule has 0 aromatic heterocycles. The summed E-state index contributed by atoms with van der Waals surface area (Å²) in [4.78, 5) is 0. The fourth-order valence-corrected chi connectivity index (χ4v) is 2.03. The van der Waals surface area contributed by atoms with Crippen molar-refractivity contribution in [2.24, 2.45) is 0 Å². The molecule has 84 valence electrons. The van der Waals surface area contributed by atoms with Crippen molar-refractivity contribution in [2.75, 3.05) is 0 Å². The van der Waals surface area contributed by atoms with Gasteiger partial charge in [0.2, 0.25) is 9.05 Å². The molecule has 8 heteroatoms. The van der Waals surface area contributed by atoms with E-state index in [1.54, 1.807) is 0 Å². The van der Waals surface area contributed by atoms with Crippen molar-refractivity contribution in [3.05, 3.63) is 28.3 Å². The molecule has 0 amide bonds. The van der Waals surface area contributed by atoms with Crippen LogP contribution in [0.1, 0.15) is 5.56 Å². The highest BCUT2D eigenvalue weighted by atomic mass is 35.7. The summed E-state index contributed by atoms with van der Waals surface area (Å²) in [5.74, 6) is -4.40. The van der Waals surface area contributed by atoms with Gasteiger partial charge in [-0.3, -0.25) is 0 Å². The predicted octanol–water partition coefficient (Wildman–Crippen LogP) is 2.39. The Morgan fingerprint density at radius 1 is 1.40 bits per heavy atom. The summed E-state index contributed by atoms with van der Waals surface area (Å²) in [6, 6.07) is 0.517. The van der Waals surface area contributed by atoms with Crippen LogP contribution in [0.15, 0.2) is 6.07 Å². The van der Waals surface area contributed by atoms with Gasteiger partial charge in [0.05, 0.1) is 5.75 Å². The van der Waals surface area contributed by atoms with Crippen LogP contribution in [0.4, 0.5) is 8.78 Å². The highest BCUT2D eigenvalue weighted by molar-refractivity contribution is 8.13. The SMILES string of the molecule is O=S(=O)(Cl)Cc1c(F)cc(O)c(Cl)c1F. The standard InChI is InChI=1S/C7H4Cl2F2O3S/c8-6-5(12)1-4(10)3(7(6)11)2-15(9,13)14/h1,12H,2H2. The second-order valence-electron chi connectivity index (χ2n) is 2.67. The number of hydrogen-bond donors (Lipinski definition) is 1. The molecule has 1 aromatic rings. The first-order valence-corrected chi connectivity index (χ1v) is 6.35. The van der Waals surface area contributed by atoms with Crippen molar-refractivity contribution >= 4 is 31.3 Å². The average Bonchev–Trinajstić information content (AvgIpc) is 2.07. The van der Waals surface area contributed by atoms with E-state index in [1.165, 1.54) is 0 Å². The maximum Gasteiger partial charge on any atom is 0.236 e. The molecule has 0 saturated carbocycles. The number of phenols is 1. The van der Waals surface area contributed by atoms with Gasteiger partial charge in [0.15, 0.2) is 5.82 Å². The van der Waals surface area contributed by atoms with Crippen LogP contribution in [0.3, 0.4) is 0 Å². The van der Waals surface area contributed by atoms with Crippen LogP contribution in [0.2, 0.25) is 5.02 Å². The summed E-state index contributed by atoms with van der Waals surface area (Å²) in [6.07, 6.45) is 0. The zero-order valence-electron chi connectivity index (χ0n) is 6.97. The molecule has 0 fully saturated rings. The number of halogens is 4. The predicted molar refractivity (Wildman–Crippen MR) is 51.5 cm³/mol. The van der Waals surface area contributed by atoms with Gasteiger partial charge in [-0.1, -0.05) is 11.6 Å². The van der Waals surface area contributed by atoms with Crippen molar-refractivity contribution in [3.8, 4) is 5.75 Å². The van der Waals surface area contributed by atoms with E-state index >= 15 is 0 Å². The lowest BCUT2D eigenvalue weighted by atomic mass is 10.2. The molecule has 0 aliphatic carbocycles. The minimum atomic E-state index is -4.10. The number of phenolic OH excluding ortho intramolecular Hbond substituents is 1. The minimum Gasteiger partial charge on any atom is -0.506 e. The van der Waals surface area contributed by atoms with E-state index in [0.717, 1.165) is 0 Å². The van der Waals surface area contributed by atoms with Crippen LogP contribution < -0.4 is 0 Å². The van der Waals surface area contributed by atoms with Gasteiger partial charge >= 0.3 is 0 Å². The molecule has 3 nitrogen and oxygen atoms in total. The second kappa shape index (κ2) is 4.11. The fourth-order valence-electron chi connectivity index (χ4n) is 0.925. The molecule has 15 heavy (non-hydrogen) atoms. The van der Waals surface area contributed by atoms with Crippen LogP contribution in [0, 0.1) is 11.6 Å². The maximum atomic E-state index is 13.2. The van der Waals surface area contributed by atoms with Crippen molar-refractivity contribution in [3.63, 3.8) is 0 Å².